The lowest BCUT2D eigenvalue weighted by Gasteiger charge is -2.31. The number of carbonyl (C=O) groups is 1. The maximum Gasteiger partial charge on any atom is 0.269 e. The normalized spacial score (nSPS) is 13.5. The summed E-state index contributed by atoms with van der Waals surface area (Å²) in [5, 5.41) is 3.95. The van der Waals surface area contributed by atoms with Crippen molar-refractivity contribution in [2.45, 2.75) is 33.2 Å². The van der Waals surface area contributed by atoms with E-state index in [0.29, 0.717) is 5.69 Å². The summed E-state index contributed by atoms with van der Waals surface area (Å²) < 4.78 is 1.73. The van der Waals surface area contributed by atoms with Crippen molar-refractivity contribution in [2.75, 3.05) is 5.33 Å². The van der Waals surface area contributed by atoms with Crippen LogP contribution in [0.3, 0.4) is 0 Å². The number of rotatable bonds is 4. The minimum absolute atomic E-state index is 0.0437. The molecule has 5 heteroatoms. The van der Waals surface area contributed by atoms with E-state index in [0.717, 1.165) is 11.8 Å². The molecule has 0 saturated carbocycles. The Morgan fingerprint density at radius 2 is 2.24 bits per heavy atom. The average molecular weight is 302 g/mol. The zero-order valence-corrected chi connectivity index (χ0v) is 12.4. The highest BCUT2D eigenvalue weighted by Gasteiger charge is 2.26. The smallest absolute Gasteiger partial charge is 0.269 e. The lowest BCUT2D eigenvalue weighted by atomic mass is 9.85. The first kappa shape index (κ1) is 14.2. The van der Waals surface area contributed by atoms with E-state index >= 15 is 0 Å². The van der Waals surface area contributed by atoms with Crippen molar-refractivity contribution in [2.24, 2.45) is 12.5 Å². The highest BCUT2D eigenvalue weighted by atomic mass is 79.9. The third-order valence-electron chi connectivity index (χ3n) is 2.80. The predicted molar refractivity (Wildman–Crippen MR) is 72.3 cm³/mol. The minimum atomic E-state index is -0.0640. The molecule has 17 heavy (non-hydrogen) atoms. The van der Waals surface area contributed by atoms with Crippen molar-refractivity contribution in [3.05, 3.63) is 18.2 Å². The molecule has 96 valence electrons. The molecule has 0 aliphatic carbocycles. The van der Waals surface area contributed by atoms with E-state index in [4.69, 9.17) is 0 Å². The van der Waals surface area contributed by atoms with E-state index in [1.54, 1.807) is 17.1 Å². The maximum absolute atomic E-state index is 12.1. The van der Waals surface area contributed by atoms with E-state index in [1.807, 2.05) is 7.05 Å². The van der Waals surface area contributed by atoms with Crippen LogP contribution in [0.25, 0.3) is 0 Å². The van der Waals surface area contributed by atoms with Gasteiger partial charge in [-0.15, -0.1) is 0 Å². The van der Waals surface area contributed by atoms with Gasteiger partial charge in [-0.3, -0.25) is 4.79 Å². The maximum atomic E-state index is 12.1. The highest BCUT2D eigenvalue weighted by molar-refractivity contribution is 9.09. The second-order valence-electron chi connectivity index (χ2n) is 5.26. The number of carbonyl (C=O) groups excluding carboxylic acids is 1. The van der Waals surface area contributed by atoms with E-state index < -0.39 is 0 Å². The van der Waals surface area contributed by atoms with Crippen LogP contribution in [0.2, 0.25) is 0 Å². The van der Waals surface area contributed by atoms with Crippen LogP contribution in [0.4, 0.5) is 0 Å². The van der Waals surface area contributed by atoms with Gasteiger partial charge in [-0.2, -0.15) is 0 Å². The van der Waals surface area contributed by atoms with Crippen LogP contribution in [0.15, 0.2) is 12.5 Å². The van der Waals surface area contributed by atoms with Crippen molar-refractivity contribution in [1.29, 1.82) is 0 Å². The molecule has 0 saturated heterocycles. The zero-order valence-electron chi connectivity index (χ0n) is 10.8. The van der Waals surface area contributed by atoms with Crippen LogP contribution in [0, 0.1) is 5.41 Å². The largest absolute Gasteiger partial charge is 0.347 e. The number of alkyl halides is 1. The first-order valence-electron chi connectivity index (χ1n) is 5.69. The van der Waals surface area contributed by atoms with Gasteiger partial charge < -0.3 is 9.88 Å². The molecule has 0 aliphatic heterocycles. The molecule has 1 heterocycles. The fraction of sp³-hybridized carbons (Fsp3) is 0.667. The molecule has 1 aromatic rings. The number of hydrogen-bond acceptors (Lipinski definition) is 2. The summed E-state index contributed by atoms with van der Waals surface area (Å²) in [7, 11) is 1.82. The number of nitrogens with zero attached hydrogens (tertiary/aromatic N) is 2. The van der Waals surface area contributed by atoms with Gasteiger partial charge in [0.2, 0.25) is 0 Å². The third-order valence-corrected chi connectivity index (χ3v) is 3.26. The fourth-order valence-electron chi connectivity index (χ4n) is 1.64. The monoisotopic (exact) mass is 301 g/mol. The van der Waals surface area contributed by atoms with Crippen LogP contribution < -0.4 is 5.32 Å². The number of halogens is 1. The third kappa shape index (κ3) is 3.84. The fourth-order valence-corrected chi connectivity index (χ4v) is 2.10. The number of hydrogen-bond donors (Lipinski definition) is 1. The first-order valence-corrected chi connectivity index (χ1v) is 6.81. The van der Waals surface area contributed by atoms with Gasteiger partial charge in [-0.05, 0) is 11.8 Å². The molecule has 1 rings (SSSR count). The quantitative estimate of drug-likeness (QED) is 0.868. The summed E-state index contributed by atoms with van der Waals surface area (Å²) in [6, 6.07) is 0.143. The predicted octanol–water partition coefficient (Wildman–Crippen LogP) is 2.35. The summed E-state index contributed by atoms with van der Waals surface area (Å²) in [6.45, 7) is 6.39. The Hall–Kier alpha value is -0.840. The van der Waals surface area contributed by atoms with Crippen molar-refractivity contribution >= 4 is 21.8 Å². The topological polar surface area (TPSA) is 46.9 Å². The highest BCUT2D eigenvalue weighted by Crippen LogP contribution is 2.22. The number of amides is 1. The summed E-state index contributed by atoms with van der Waals surface area (Å²) in [5.41, 5.74) is 0.635. The number of aryl methyl sites for hydroxylation is 1. The van der Waals surface area contributed by atoms with Crippen molar-refractivity contribution in [1.82, 2.24) is 14.9 Å². The van der Waals surface area contributed by atoms with E-state index in [9.17, 15) is 4.79 Å². The molecular weight excluding hydrogens is 282 g/mol. The van der Waals surface area contributed by atoms with Gasteiger partial charge in [0.1, 0.15) is 5.69 Å². The molecule has 0 aliphatic rings. The van der Waals surface area contributed by atoms with E-state index in [-0.39, 0.29) is 17.4 Å². The van der Waals surface area contributed by atoms with Crippen LogP contribution in [0.1, 0.15) is 37.7 Å². The lowest BCUT2D eigenvalue weighted by Crippen LogP contribution is -2.44. The van der Waals surface area contributed by atoms with Crippen LogP contribution in [0.5, 0.6) is 0 Å². The summed E-state index contributed by atoms with van der Waals surface area (Å²) in [4.78, 5) is 16.0. The lowest BCUT2D eigenvalue weighted by molar-refractivity contribution is 0.0892. The molecule has 0 aromatic carbocycles. The Bertz CT molecular complexity index is 381. The van der Waals surface area contributed by atoms with Crippen molar-refractivity contribution in [3.8, 4) is 0 Å². The summed E-state index contributed by atoms with van der Waals surface area (Å²) >= 11 is 3.43. The average Bonchev–Trinajstić information content (AvgIpc) is 2.62. The Kier molecular flexibility index (Phi) is 4.74. The standard InChI is InChI=1S/C12H20BrN3O/c1-12(2,3)10(5-6-13)15-11(17)9-7-14-8-16(9)4/h7-8,10H,5-6H2,1-4H3,(H,15,17). The summed E-state index contributed by atoms with van der Waals surface area (Å²) in [5.74, 6) is -0.0640. The van der Waals surface area contributed by atoms with Gasteiger partial charge in [0.05, 0.1) is 12.5 Å². The molecule has 0 radical (unpaired) electrons. The molecular formula is C12H20BrN3O. The molecule has 0 spiro atoms. The molecule has 0 fully saturated rings. The Balaban J connectivity index is 2.75. The number of imidazole rings is 1. The van der Waals surface area contributed by atoms with Crippen molar-refractivity contribution in [3.63, 3.8) is 0 Å². The van der Waals surface area contributed by atoms with Crippen LogP contribution in [-0.4, -0.2) is 26.8 Å². The second-order valence-corrected chi connectivity index (χ2v) is 6.05. The molecule has 1 unspecified atom stereocenters. The van der Waals surface area contributed by atoms with Gasteiger partial charge in [0.25, 0.3) is 5.91 Å². The van der Waals surface area contributed by atoms with Crippen LogP contribution in [-0.2, 0) is 7.05 Å². The van der Waals surface area contributed by atoms with Gasteiger partial charge in [0, 0.05) is 18.4 Å². The molecule has 1 amide bonds. The Morgan fingerprint density at radius 1 is 1.59 bits per heavy atom. The summed E-state index contributed by atoms with van der Waals surface area (Å²) in [6.07, 6.45) is 4.13. The SMILES string of the molecule is Cn1cncc1C(=O)NC(CCBr)C(C)(C)C. The van der Waals surface area contributed by atoms with Gasteiger partial charge in [-0.1, -0.05) is 36.7 Å². The number of aromatic nitrogens is 2. The minimum Gasteiger partial charge on any atom is -0.347 e. The Labute approximate surface area is 111 Å². The van der Waals surface area contributed by atoms with Gasteiger partial charge in [-0.25, -0.2) is 4.98 Å². The Morgan fingerprint density at radius 3 is 2.65 bits per heavy atom. The molecule has 1 atom stereocenters. The molecule has 1 N–H and O–H groups in total. The zero-order chi connectivity index (χ0) is 13.1. The van der Waals surface area contributed by atoms with Crippen LogP contribution >= 0.6 is 15.9 Å². The molecule has 4 nitrogen and oxygen atoms in total. The molecule has 0 bridgehead atoms. The van der Waals surface area contributed by atoms with E-state index in [2.05, 4.69) is 47.0 Å². The molecule has 1 aromatic heterocycles. The van der Waals surface area contributed by atoms with Crippen molar-refractivity contribution < 1.29 is 4.79 Å². The second kappa shape index (κ2) is 5.67. The van der Waals surface area contributed by atoms with E-state index in [1.165, 1.54) is 0 Å². The number of nitrogens with one attached hydrogen (secondary N) is 1. The van der Waals surface area contributed by atoms with Gasteiger partial charge in [0.15, 0.2) is 0 Å². The van der Waals surface area contributed by atoms with Gasteiger partial charge >= 0.3 is 0 Å². The first-order chi connectivity index (χ1) is 7.86.